The van der Waals surface area contributed by atoms with E-state index in [1.165, 1.54) is 17.6 Å². The van der Waals surface area contributed by atoms with Crippen LogP contribution in [0.2, 0.25) is 87.6 Å². The first-order chi connectivity index (χ1) is 10.4. The quantitative estimate of drug-likeness (QED) is 0.424. The predicted molar refractivity (Wildman–Crippen MR) is 131 cm³/mol. The zero-order chi connectivity index (χ0) is 19.2. The fraction of sp³-hybridized carbons (Fsp3) is 1.00. The van der Waals surface area contributed by atoms with Gasteiger partial charge in [0.25, 0.3) is 0 Å². The van der Waals surface area contributed by atoms with Gasteiger partial charge in [0.1, 0.15) is 0 Å². The average Bonchev–Trinajstić information content (AvgIpc) is 2.34. The van der Waals surface area contributed by atoms with Crippen molar-refractivity contribution in [2.45, 2.75) is 114 Å². The normalized spacial score (nSPS) is 39.6. The second-order valence-corrected chi connectivity index (χ2v) is 62.9. The summed E-state index contributed by atoms with van der Waals surface area (Å²) in [4.78, 5) is 1.31. The molecule has 0 aromatic rings. The summed E-state index contributed by atoms with van der Waals surface area (Å²) in [6, 6.07) is 0. The molecule has 0 aliphatic carbocycles. The molecular formula is C18H46Si6. The van der Waals surface area contributed by atoms with E-state index < -0.39 is 45.5 Å². The summed E-state index contributed by atoms with van der Waals surface area (Å²) in [5.41, 5.74) is 0. The number of hydrogen-bond acceptors (Lipinski definition) is 0. The smallest absolute Gasteiger partial charge is 0.0415 e. The van der Waals surface area contributed by atoms with E-state index in [0.717, 1.165) is 4.28 Å². The van der Waals surface area contributed by atoms with E-state index in [9.17, 15) is 0 Å². The third-order valence-corrected chi connectivity index (χ3v) is 102. The van der Waals surface area contributed by atoms with Crippen LogP contribution < -0.4 is 0 Å². The maximum Gasteiger partial charge on any atom is 0.0415 e. The monoisotopic (exact) mass is 430 g/mol. The van der Waals surface area contributed by atoms with Gasteiger partial charge in [-0.2, -0.15) is 0 Å². The van der Waals surface area contributed by atoms with Crippen molar-refractivity contribution < 1.29 is 0 Å². The molecule has 0 aromatic heterocycles. The van der Waals surface area contributed by atoms with Gasteiger partial charge in [0.05, 0.1) is 0 Å². The molecule has 0 aromatic carbocycles. The summed E-state index contributed by atoms with van der Waals surface area (Å²) in [6.45, 7) is 37.4. The van der Waals surface area contributed by atoms with Gasteiger partial charge in [-0.05, 0) is 4.28 Å². The summed E-state index contributed by atoms with van der Waals surface area (Å²) >= 11 is 0. The molecular weight excluding hydrogens is 385 g/mol. The van der Waals surface area contributed by atoms with Gasteiger partial charge in [0.2, 0.25) is 0 Å². The Morgan fingerprint density at radius 2 is 0.875 bits per heavy atom. The molecule has 3 rings (SSSR count). The first kappa shape index (κ1) is 21.6. The maximum absolute atomic E-state index is 2.93. The molecule has 3 saturated heterocycles. The zero-order valence-corrected chi connectivity index (χ0v) is 25.2. The standard InChI is InChI=1S/C18H46Si6/c1-14-15-16-18-22(8,9)19(2,3)17(20(4,5)23(18,10)11)21(6,7)24(18,12)13/h17H,14-16H2,1-13H3. The second-order valence-electron chi connectivity index (χ2n) is 12.5. The molecule has 3 fully saturated rings. The Hall–Kier alpha value is 1.30. The molecule has 24 heavy (non-hydrogen) atoms. The maximum atomic E-state index is 2.93. The molecule has 3 aliphatic rings. The summed E-state index contributed by atoms with van der Waals surface area (Å²) < 4.78 is 0.929. The summed E-state index contributed by atoms with van der Waals surface area (Å²) in [6.07, 6.45) is 4.58. The van der Waals surface area contributed by atoms with Gasteiger partial charge in [0.15, 0.2) is 0 Å². The van der Waals surface area contributed by atoms with Crippen molar-refractivity contribution >= 4 is 45.5 Å². The van der Waals surface area contributed by atoms with Crippen LogP contribution in [0.5, 0.6) is 0 Å². The minimum atomic E-state index is -1.20. The number of rotatable bonds is 3. The fourth-order valence-corrected chi connectivity index (χ4v) is 155. The van der Waals surface area contributed by atoms with Crippen LogP contribution in [0.25, 0.3) is 0 Å². The molecule has 0 atom stereocenters. The van der Waals surface area contributed by atoms with E-state index in [4.69, 9.17) is 0 Å². The van der Waals surface area contributed by atoms with Crippen molar-refractivity contribution in [3.8, 4) is 0 Å². The number of hydrogen-bond donors (Lipinski definition) is 0. The van der Waals surface area contributed by atoms with Crippen LogP contribution in [-0.4, -0.2) is 45.5 Å². The highest BCUT2D eigenvalue weighted by Gasteiger charge is 2.86. The van der Waals surface area contributed by atoms with Gasteiger partial charge in [-0.25, -0.2) is 0 Å². The van der Waals surface area contributed by atoms with Crippen LogP contribution in [0.3, 0.4) is 0 Å². The average molecular weight is 431 g/mol. The highest BCUT2D eigenvalue weighted by Crippen LogP contribution is 2.76. The molecule has 0 spiro atoms. The first-order valence-corrected chi connectivity index (χ1v) is 31.7. The molecule has 6 heteroatoms. The Bertz CT molecular complexity index is 460. The second kappa shape index (κ2) is 5.43. The summed E-state index contributed by atoms with van der Waals surface area (Å²) in [7, 11) is -7.02. The van der Waals surface area contributed by atoms with Gasteiger partial charge in [0, 0.05) is 45.5 Å². The topological polar surface area (TPSA) is 0 Å². The van der Waals surface area contributed by atoms with Crippen LogP contribution in [0, 0.1) is 0 Å². The largest absolute Gasteiger partial charge is 0.0715 e. The van der Waals surface area contributed by atoms with Crippen LogP contribution in [-0.2, 0) is 0 Å². The van der Waals surface area contributed by atoms with Gasteiger partial charge in [-0.1, -0.05) is 110 Å². The Morgan fingerprint density at radius 3 is 1.12 bits per heavy atom. The van der Waals surface area contributed by atoms with Crippen molar-refractivity contribution in [2.75, 3.05) is 0 Å². The molecule has 0 saturated carbocycles. The van der Waals surface area contributed by atoms with Crippen molar-refractivity contribution in [3.63, 3.8) is 0 Å². The lowest BCUT2D eigenvalue weighted by Crippen LogP contribution is -3.00. The zero-order valence-electron chi connectivity index (χ0n) is 19.2. The highest BCUT2D eigenvalue weighted by atomic mass is 29.4. The Labute approximate surface area is 159 Å². The Kier molecular flexibility index (Phi) is 4.89. The van der Waals surface area contributed by atoms with Crippen molar-refractivity contribution in [1.82, 2.24) is 0 Å². The molecule has 3 heterocycles. The van der Waals surface area contributed by atoms with E-state index in [0.29, 0.717) is 0 Å². The fourth-order valence-electron chi connectivity index (χ4n) is 9.16. The molecule has 0 unspecified atom stereocenters. The van der Waals surface area contributed by atoms with E-state index in [1.54, 1.807) is 6.42 Å². The van der Waals surface area contributed by atoms with E-state index in [1.807, 2.05) is 0 Å². The lowest BCUT2D eigenvalue weighted by atomic mass is 10.3. The van der Waals surface area contributed by atoms with Gasteiger partial charge < -0.3 is 0 Å². The molecule has 0 amide bonds. The summed E-state index contributed by atoms with van der Waals surface area (Å²) in [5.74, 6) is 0. The van der Waals surface area contributed by atoms with Crippen LogP contribution in [0.15, 0.2) is 0 Å². The van der Waals surface area contributed by atoms with Crippen molar-refractivity contribution in [1.29, 1.82) is 0 Å². The van der Waals surface area contributed by atoms with Crippen molar-refractivity contribution in [2.24, 2.45) is 0 Å². The highest BCUT2D eigenvalue weighted by molar-refractivity contribution is 7.76. The first-order valence-electron chi connectivity index (χ1n) is 10.4. The van der Waals surface area contributed by atoms with E-state index in [-0.39, 0.29) is 0 Å². The molecule has 142 valence electrons. The molecule has 0 N–H and O–H groups in total. The van der Waals surface area contributed by atoms with E-state index in [2.05, 4.69) is 85.5 Å². The minimum Gasteiger partial charge on any atom is -0.0715 e. The van der Waals surface area contributed by atoms with Gasteiger partial charge >= 0.3 is 0 Å². The van der Waals surface area contributed by atoms with Gasteiger partial charge in [-0.15, -0.1) is 0 Å². The molecule has 3 aliphatic heterocycles. The molecule has 0 radical (unpaired) electrons. The number of fused-ring (bicyclic) bond motifs is 3. The lowest BCUT2D eigenvalue weighted by Gasteiger charge is -2.85. The molecule has 2 bridgehead atoms. The third kappa shape index (κ3) is 1.89. The van der Waals surface area contributed by atoms with Crippen LogP contribution in [0.4, 0.5) is 0 Å². The minimum absolute atomic E-state index is 0.929. The van der Waals surface area contributed by atoms with Crippen LogP contribution >= 0.6 is 0 Å². The SMILES string of the molecule is CCCCC12[Si](C)(C)[Si](C)(C)C([Si](C)(C)[Si]1(C)C)[Si](C)(C)[Si]2(C)C. The van der Waals surface area contributed by atoms with Crippen LogP contribution in [0.1, 0.15) is 26.2 Å². The van der Waals surface area contributed by atoms with Crippen molar-refractivity contribution in [3.05, 3.63) is 0 Å². The lowest BCUT2D eigenvalue weighted by molar-refractivity contribution is 0.688. The summed E-state index contributed by atoms with van der Waals surface area (Å²) in [5, 5.41) is 0. The Morgan fingerprint density at radius 1 is 0.583 bits per heavy atom. The van der Waals surface area contributed by atoms with E-state index >= 15 is 0 Å². The Balaban J connectivity index is 2.97. The predicted octanol–water partition coefficient (Wildman–Crippen LogP) is 6.96. The third-order valence-electron chi connectivity index (χ3n) is 11.1. The van der Waals surface area contributed by atoms with Gasteiger partial charge in [-0.3, -0.25) is 0 Å². The number of unbranched alkanes of at least 4 members (excludes halogenated alkanes) is 1. The molecule has 0 nitrogen and oxygen atoms in total.